The lowest BCUT2D eigenvalue weighted by Gasteiger charge is -2.34. The highest BCUT2D eigenvalue weighted by atomic mass is 19.4. The molecule has 1 aliphatic heterocycles. The Morgan fingerprint density at radius 2 is 2.11 bits per heavy atom. The number of fused-ring (bicyclic) bond motifs is 1. The molecule has 7 nitrogen and oxygen atoms in total. The summed E-state index contributed by atoms with van der Waals surface area (Å²) in [6, 6.07) is 7.98. The van der Waals surface area contributed by atoms with Crippen molar-refractivity contribution in [1.29, 1.82) is 5.26 Å². The van der Waals surface area contributed by atoms with Gasteiger partial charge in [-0.1, -0.05) is 12.6 Å². The van der Waals surface area contributed by atoms with Crippen LogP contribution in [0.25, 0.3) is 10.9 Å². The van der Waals surface area contributed by atoms with Gasteiger partial charge in [0.25, 0.3) is 0 Å². The fourth-order valence-corrected chi connectivity index (χ4v) is 4.71. The number of benzene rings is 1. The first-order valence-corrected chi connectivity index (χ1v) is 11.5. The molecule has 0 unspecified atom stereocenters. The largest absolute Gasteiger partial charge is 0.389 e. The minimum atomic E-state index is -4.27. The molecule has 10 heteroatoms. The first kappa shape index (κ1) is 24.5. The number of amides is 1. The molecule has 1 saturated heterocycles. The number of nitrogens with one attached hydrogen (secondary N) is 2. The van der Waals surface area contributed by atoms with Gasteiger partial charge < -0.3 is 9.55 Å². The van der Waals surface area contributed by atoms with Crippen LogP contribution in [0.5, 0.6) is 0 Å². The number of nitrogens with zero attached hydrogens (tertiary/aromatic N) is 4. The molecule has 1 aromatic carbocycles. The molecule has 2 N–H and O–H groups in total. The number of nitriles is 1. The molecule has 35 heavy (non-hydrogen) atoms. The number of anilines is 1. The summed E-state index contributed by atoms with van der Waals surface area (Å²) < 4.78 is 40.3. The number of halogens is 3. The smallest absolute Gasteiger partial charge is 0.346 e. The lowest BCUT2D eigenvalue weighted by atomic mass is 10.0. The SMILES string of the molecule is C=CC(=O)Nc1ncc(CCC(F)(F)F)n1C1CCN(Cc2ccc3[nH]c(C#N)cc3c2C)CC1. The highest BCUT2D eigenvalue weighted by Gasteiger charge is 2.30. The van der Waals surface area contributed by atoms with Gasteiger partial charge in [-0.25, -0.2) is 4.98 Å². The summed E-state index contributed by atoms with van der Waals surface area (Å²) in [7, 11) is 0. The average molecular weight is 485 g/mol. The number of alkyl halides is 3. The van der Waals surface area contributed by atoms with Crippen LogP contribution >= 0.6 is 0 Å². The standard InChI is InChI=1S/C25H27F3N6O/c1-3-23(35)32-24-30-14-20(6-9-25(26,27)28)34(24)19-7-10-33(11-8-19)15-17-4-5-22-21(16(17)2)12-18(13-29)31-22/h3-5,12,14,19,31H,1,6-11,15H2,2H3,(H,30,32,35). The van der Waals surface area contributed by atoms with Gasteiger partial charge in [-0.05, 0) is 55.5 Å². The van der Waals surface area contributed by atoms with Crippen LogP contribution < -0.4 is 5.32 Å². The van der Waals surface area contributed by atoms with E-state index in [9.17, 15) is 18.0 Å². The molecule has 2 aromatic heterocycles. The molecule has 0 saturated carbocycles. The van der Waals surface area contributed by atoms with Gasteiger partial charge in [0.05, 0.1) is 6.20 Å². The zero-order chi connectivity index (χ0) is 25.2. The molecule has 4 rings (SSSR count). The molecule has 0 radical (unpaired) electrons. The summed E-state index contributed by atoms with van der Waals surface area (Å²) in [5, 5.41) is 12.8. The van der Waals surface area contributed by atoms with Gasteiger partial charge in [0.2, 0.25) is 11.9 Å². The van der Waals surface area contributed by atoms with Crippen LogP contribution in [0.2, 0.25) is 0 Å². The average Bonchev–Trinajstić information content (AvgIpc) is 3.44. The van der Waals surface area contributed by atoms with Crippen LogP contribution in [0.15, 0.2) is 37.1 Å². The third kappa shape index (κ3) is 5.57. The topological polar surface area (TPSA) is 89.7 Å². The zero-order valence-corrected chi connectivity index (χ0v) is 19.5. The summed E-state index contributed by atoms with van der Waals surface area (Å²) in [6.45, 7) is 7.73. The molecule has 0 bridgehead atoms. The van der Waals surface area contributed by atoms with Gasteiger partial charge in [-0.2, -0.15) is 18.4 Å². The van der Waals surface area contributed by atoms with Crippen molar-refractivity contribution in [3.63, 3.8) is 0 Å². The van der Waals surface area contributed by atoms with Crippen molar-refractivity contribution in [3.05, 3.63) is 59.6 Å². The van der Waals surface area contributed by atoms with E-state index in [4.69, 9.17) is 5.26 Å². The quantitative estimate of drug-likeness (QED) is 0.462. The number of likely N-dealkylation sites (tertiary alicyclic amines) is 1. The first-order chi connectivity index (χ1) is 16.7. The fraction of sp³-hybridized carbons (Fsp3) is 0.400. The Balaban J connectivity index is 1.48. The monoisotopic (exact) mass is 484 g/mol. The molecule has 3 aromatic rings. The molecule has 3 heterocycles. The van der Waals surface area contributed by atoms with Crippen molar-refractivity contribution in [1.82, 2.24) is 19.4 Å². The van der Waals surface area contributed by atoms with Crippen LogP contribution in [0, 0.1) is 18.3 Å². The van der Waals surface area contributed by atoms with E-state index in [1.807, 2.05) is 19.1 Å². The number of hydrogen-bond acceptors (Lipinski definition) is 4. The van der Waals surface area contributed by atoms with E-state index in [1.54, 1.807) is 4.57 Å². The molecule has 1 amide bonds. The van der Waals surface area contributed by atoms with Gasteiger partial charge >= 0.3 is 6.18 Å². The van der Waals surface area contributed by atoms with Crippen LogP contribution in [0.3, 0.4) is 0 Å². The predicted octanol–water partition coefficient (Wildman–Crippen LogP) is 5.00. The third-order valence-corrected chi connectivity index (χ3v) is 6.58. The second kappa shape index (κ2) is 9.96. The van der Waals surface area contributed by atoms with E-state index >= 15 is 0 Å². The summed E-state index contributed by atoms with van der Waals surface area (Å²) in [4.78, 5) is 21.5. The number of aromatic nitrogens is 3. The van der Waals surface area contributed by atoms with Crippen molar-refractivity contribution >= 4 is 22.8 Å². The highest BCUT2D eigenvalue weighted by molar-refractivity contribution is 5.97. The normalized spacial score (nSPS) is 15.3. The summed E-state index contributed by atoms with van der Waals surface area (Å²) in [5.74, 6) is -0.195. The second-order valence-corrected chi connectivity index (χ2v) is 8.86. The lowest BCUT2D eigenvalue weighted by molar-refractivity contribution is -0.134. The number of carbonyl (C=O) groups excluding carboxylic acids is 1. The molecule has 1 fully saturated rings. The van der Waals surface area contributed by atoms with Crippen LogP contribution in [0.1, 0.15) is 47.8 Å². The predicted molar refractivity (Wildman–Crippen MR) is 127 cm³/mol. The van der Waals surface area contributed by atoms with Crippen LogP contribution in [0.4, 0.5) is 19.1 Å². The van der Waals surface area contributed by atoms with Crippen molar-refractivity contribution < 1.29 is 18.0 Å². The van der Waals surface area contributed by atoms with E-state index in [1.165, 1.54) is 11.8 Å². The van der Waals surface area contributed by atoms with Crippen LogP contribution in [-0.4, -0.2) is 44.6 Å². The molecular weight excluding hydrogens is 457 g/mol. The minimum Gasteiger partial charge on any atom is -0.346 e. The van der Waals surface area contributed by atoms with E-state index in [-0.39, 0.29) is 18.4 Å². The lowest BCUT2D eigenvalue weighted by Crippen LogP contribution is -2.35. The number of aromatic amines is 1. The fourth-order valence-electron chi connectivity index (χ4n) is 4.71. The number of hydrogen-bond donors (Lipinski definition) is 2. The van der Waals surface area contributed by atoms with Gasteiger partial charge in [0.1, 0.15) is 11.8 Å². The number of imidazole rings is 1. The van der Waals surface area contributed by atoms with Crippen molar-refractivity contribution in [2.24, 2.45) is 0 Å². The first-order valence-electron chi connectivity index (χ1n) is 11.5. The second-order valence-electron chi connectivity index (χ2n) is 8.86. The Kier molecular flexibility index (Phi) is 6.98. The van der Waals surface area contributed by atoms with Gasteiger partial charge in [0, 0.05) is 48.7 Å². The molecule has 1 aliphatic rings. The number of carbonyl (C=O) groups is 1. The van der Waals surface area contributed by atoms with E-state index < -0.39 is 18.5 Å². The Morgan fingerprint density at radius 3 is 2.77 bits per heavy atom. The van der Waals surface area contributed by atoms with E-state index in [2.05, 4.69) is 38.9 Å². The van der Waals surface area contributed by atoms with Crippen molar-refractivity contribution in [2.75, 3.05) is 18.4 Å². The third-order valence-electron chi connectivity index (χ3n) is 6.58. The molecule has 0 spiro atoms. The zero-order valence-electron chi connectivity index (χ0n) is 19.5. The number of rotatable bonds is 7. The number of H-pyrrole nitrogens is 1. The molecule has 184 valence electrons. The van der Waals surface area contributed by atoms with Crippen molar-refractivity contribution in [2.45, 2.75) is 51.4 Å². The maximum absolute atomic E-state index is 12.9. The van der Waals surface area contributed by atoms with Gasteiger partial charge in [-0.15, -0.1) is 0 Å². The Morgan fingerprint density at radius 1 is 1.37 bits per heavy atom. The maximum Gasteiger partial charge on any atom is 0.389 e. The maximum atomic E-state index is 12.9. The van der Waals surface area contributed by atoms with E-state index in [0.29, 0.717) is 11.4 Å². The summed E-state index contributed by atoms with van der Waals surface area (Å²) >= 11 is 0. The molecule has 0 aliphatic carbocycles. The number of aryl methyl sites for hydroxylation is 2. The van der Waals surface area contributed by atoms with Gasteiger partial charge in [0.15, 0.2) is 0 Å². The Hall–Kier alpha value is -3.58. The Labute approximate surface area is 201 Å². The number of piperidine rings is 1. The molecule has 0 atom stereocenters. The summed E-state index contributed by atoms with van der Waals surface area (Å²) in [6.07, 6.45) is -1.44. The molecular formula is C25H27F3N6O. The van der Waals surface area contributed by atoms with E-state index in [0.717, 1.165) is 55.0 Å². The highest BCUT2D eigenvalue weighted by Crippen LogP contribution is 2.32. The van der Waals surface area contributed by atoms with Gasteiger partial charge in [-0.3, -0.25) is 15.0 Å². The van der Waals surface area contributed by atoms with Crippen LogP contribution in [-0.2, 0) is 17.8 Å². The van der Waals surface area contributed by atoms with Crippen molar-refractivity contribution in [3.8, 4) is 6.07 Å². The minimum absolute atomic E-state index is 0.0662. The Bertz CT molecular complexity index is 1270. The summed E-state index contributed by atoms with van der Waals surface area (Å²) in [5.41, 5.74) is 4.22.